The molecule has 0 radical (unpaired) electrons. The minimum absolute atomic E-state index is 0.0180. The zero-order valence-corrected chi connectivity index (χ0v) is 21.4. The molecular formula is C29H42O6. The number of benzene rings is 1. The predicted octanol–water partition coefficient (Wildman–Crippen LogP) is 5.75. The largest absolute Gasteiger partial charge is 0.493 e. The number of esters is 2. The summed E-state index contributed by atoms with van der Waals surface area (Å²) in [6.45, 7) is 10.6. The van der Waals surface area contributed by atoms with Crippen LogP contribution in [0.15, 0.2) is 48.6 Å². The first kappa shape index (κ1) is 28.6. The summed E-state index contributed by atoms with van der Waals surface area (Å²) < 4.78 is 16.3. The average Bonchev–Trinajstić information content (AvgIpc) is 2.88. The lowest BCUT2D eigenvalue weighted by atomic mass is 9.77. The van der Waals surface area contributed by atoms with Gasteiger partial charge in [-0.05, 0) is 62.1 Å². The number of rotatable bonds is 15. The molecule has 2 rings (SSSR count). The van der Waals surface area contributed by atoms with E-state index in [2.05, 4.69) is 32.2 Å². The zero-order valence-electron chi connectivity index (χ0n) is 21.4. The Balaban J connectivity index is 1.85. The van der Waals surface area contributed by atoms with Crippen molar-refractivity contribution in [2.24, 2.45) is 11.8 Å². The molecule has 0 saturated heterocycles. The summed E-state index contributed by atoms with van der Waals surface area (Å²) >= 11 is 0. The van der Waals surface area contributed by atoms with E-state index in [1.807, 2.05) is 12.1 Å². The molecule has 6 nitrogen and oxygen atoms in total. The van der Waals surface area contributed by atoms with E-state index in [4.69, 9.17) is 19.3 Å². The summed E-state index contributed by atoms with van der Waals surface area (Å²) in [6.07, 6.45) is 10.5. The fraction of sp³-hybridized carbons (Fsp3) is 0.586. The summed E-state index contributed by atoms with van der Waals surface area (Å²) in [5, 5.41) is 9.03. The fourth-order valence-electron chi connectivity index (χ4n) is 4.34. The normalized spacial score (nSPS) is 18.4. The maximum absolute atomic E-state index is 11.8. The van der Waals surface area contributed by atoms with Gasteiger partial charge in [0, 0.05) is 5.57 Å². The third-order valence-corrected chi connectivity index (χ3v) is 6.63. The van der Waals surface area contributed by atoms with Crippen molar-refractivity contribution in [3.05, 3.63) is 54.1 Å². The predicted molar refractivity (Wildman–Crippen MR) is 137 cm³/mol. The molecule has 1 aliphatic carbocycles. The van der Waals surface area contributed by atoms with Crippen molar-refractivity contribution in [1.29, 1.82) is 0 Å². The average molecular weight is 487 g/mol. The smallest absolute Gasteiger partial charge is 0.335 e. The molecule has 0 bridgehead atoms. The van der Waals surface area contributed by atoms with Crippen LogP contribution in [0, 0.1) is 11.8 Å². The van der Waals surface area contributed by atoms with Crippen molar-refractivity contribution in [3.63, 3.8) is 0 Å². The molecule has 1 aromatic rings. The van der Waals surface area contributed by atoms with Crippen LogP contribution in [0.2, 0.25) is 0 Å². The van der Waals surface area contributed by atoms with E-state index in [0.29, 0.717) is 17.2 Å². The number of ether oxygens (including phenoxy) is 3. The second kappa shape index (κ2) is 15.4. The molecule has 1 N–H and O–H groups in total. The van der Waals surface area contributed by atoms with Crippen molar-refractivity contribution >= 4 is 11.9 Å². The molecule has 0 aliphatic heterocycles. The molecule has 1 unspecified atom stereocenters. The van der Waals surface area contributed by atoms with Crippen LogP contribution in [0.4, 0.5) is 0 Å². The first-order valence-electron chi connectivity index (χ1n) is 12.8. The lowest BCUT2D eigenvalue weighted by Crippen LogP contribution is -2.27. The molecule has 1 aliphatic rings. The maximum Gasteiger partial charge on any atom is 0.335 e. The van der Waals surface area contributed by atoms with Crippen molar-refractivity contribution in [1.82, 2.24) is 0 Å². The summed E-state index contributed by atoms with van der Waals surface area (Å²) in [4.78, 5) is 23.6. The second-order valence-electron chi connectivity index (χ2n) is 9.70. The van der Waals surface area contributed by atoms with Gasteiger partial charge in [0.1, 0.15) is 19.0 Å². The Labute approximate surface area is 210 Å². The van der Waals surface area contributed by atoms with Gasteiger partial charge >= 0.3 is 11.9 Å². The highest BCUT2D eigenvalue weighted by molar-refractivity contribution is 5.88. The lowest BCUT2D eigenvalue weighted by molar-refractivity contribution is -0.145. The van der Waals surface area contributed by atoms with E-state index in [0.717, 1.165) is 5.92 Å². The Hall–Kier alpha value is -2.60. The number of carbonyl (C=O) groups excluding carboxylic acids is 2. The van der Waals surface area contributed by atoms with Gasteiger partial charge in [-0.15, -0.1) is 0 Å². The monoisotopic (exact) mass is 486 g/mol. The van der Waals surface area contributed by atoms with Crippen molar-refractivity contribution in [2.45, 2.75) is 71.1 Å². The maximum atomic E-state index is 11.8. The van der Waals surface area contributed by atoms with Crippen molar-refractivity contribution in [2.75, 3.05) is 26.4 Å². The molecule has 1 aromatic carbocycles. The Morgan fingerprint density at radius 2 is 1.60 bits per heavy atom. The van der Waals surface area contributed by atoms with Gasteiger partial charge in [-0.1, -0.05) is 57.9 Å². The van der Waals surface area contributed by atoms with Crippen molar-refractivity contribution in [3.8, 4) is 5.75 Å². The number of hydrogen-bond donors (Lipinski definition) is 1. The number of aliphatic hydroxyl groups excluding tert-OH is 1. The molecule has 0 spiro atoms. The third-order valence-electron chi connectivity index (χ3n) is 6.63. The van der Waals surface area contributed by atoms with Crippen LogP contribution in [-0.4, -0.2) is 43.5 Å². The van der Waals surface area contributed by atoms with E-state index in [1.54, 1.807) is 6.92 Å². The standard InChI is InChI=1S/C29H42O6/c1-5-6-7-8-23-9-11-25(12-10-23)26-13-15-27(16-14-26)33-18-24(19-34-28(31)21(2)3)20-35-29(32)22(4)17-30/h13-16,23-25,30H,2,4-12,17-20H2,1,3H3. The molecule has 35 heavy (non-hydrogen) atoms. The summed E-state index contributed by atoms with van der Waals surface area (Å²) in [6, 6.07) is 8.22. The van der Waals surface area contributed by atoms with Crippen molar-refractivity contribution < 1.29 is 28.9 Å². The highest BCUT2D eigenvalue weighted by Crippen LogP contribution is 2.38. The van der Waals surface area contributed by atoms with Gasteiger partial charge in [-0.3, -0.25) is 0 Å². The first-order chi connectivity index (χ1) is 16.8. The summed E-state index contributed by atoms with van der Waals surface area (Å²) in [5.41, 5.74) is 1.61. The minimum atomic E-state index is -0.687. The van der Waals surface area contributed by atoms with Crippen LogP contribution in [0.3, 0.4) is 0 Å². The highest BCUT2D eigenvalue weighted by atomic mass is 16.6. The van der Waals surface area contributed by atoms with E-state index in [-0.39, 0.29) is 31.3 Å². The minimum Gasteiger partial charge on any atom is -0.493 e. The number of hydrogen-bond acceptors (Lipinski definition) is 6. The fourth-order valence-corrected chi connectivity index (χ4v) is 4.34. The van der Waals surface area contributed by atoms with Crippen LogP contribution in [0.25, 0.3) is 0 Å². The molecule has 6 heteroatoms. The Morgan fingerprint density at radius 1 is 0.971 bits per heavy atom. The Kier molecular flexibility index (Phi) is 12.6. The van der Waals surface area contributed by atoms with Crippen LogP contribution in [0.5, 0.6) is 5.75 Å². The number of carbonyl (C=O) groups is 2. The molecular weight excluding hydrogens is 444 g/mol. The molecule has 194 valence electrons. The topological polar surface area (TPSA) is 82.1 Å². The van der Waals surface area contributed by atoms with Gasteiger partial charge in [0.05, 0.1) is 24.7 Å². The van der Waals surface area contributed by atoms with E-state index in [1.165, 1.54) is 56.9 Å². The van der Waals surface area contributed by atoms with Crippen LogP contribution >= 0.6 is 0 Å². The van der Waals surface area contributed by atoms with E-state index in [9.17, 15) is 9.59 Å². The van der Waals surface area contributed by atoms with Crippen LogP contribution < -0.4 is 4.74 Å². The molecule has 0 heterocycles. The van der Waals surface area contributed by atoms with Crippen LogP contribution in [-0.2, 0) is 19.1 Å². The quantitative estimate of drug-likeness (QED) is 0.193. The van der Waals surface area contributed by atoms with E-state index < -0.39 is 18.5 Å². The lowest BCUT2D eigenvalue weighted by Gasteiger charge is -2.29. The molecule has 1 fully saturated rings. The highest BCUT2D eigenvalue weighted by Gasteiger charge is 2.22. The van der Waals surface area contributed by atoms with Gasteiger partial charge in [0.15, 0.2) is 0 Å². The van der Waals surface area contributed by atoms with Gasteiger partial charge < -0.3 is 19.3 Å². The SMILES string of the molecule is C=C(C)C(=O)OCC(COC(=O)C(=C)CO)COc1ccc(C2CCC(CCCCC)CC2)cc1. The molecule has 0 amide bonds. The third kappa shape index (κ3) is 10.3. The molecule has 1 saturated carbocycles. The zero-order chi connectivity index (χ0) is 25.6. The Morgan fingerprint density at radius 3 is 2.17 bits per heavy atom. The van der Waals surface area contributed by atoms with Gasteiger partial charge in [0.25, 0.3) is 0 Å². The Bertz CT molecular complexity index is 820. The number of unbranched alkanes of at least 4 members (excludes halogenated alkanes) is 2. The van der Waals surface area contributed by atoms with Gasteiger partial charge in [-0.25, -0.2) is 9.59 Å². The second-order valence-corrected chi connectivity index (χ2v) is 9.70. The van der Waals surface area contributed by atoms with Crippen LogP contribution in [0.1, 0.15) is 76.7 Å². The van der Waals surface area contributed by atoms with E-state index >= 15 is 0 Å². The van der Waals surface area contributed by atoms with Gasteiger partial charge in [0.2, 0.25) is 0 Å². The molecule has 1 atom stereocenters. The van der Waals surface area contributed by atoms with Gasteiger partial charge in [-0.2, -0.15) is 0 Å². The number of aliphatic hydroxyl groups is 1. The summed E-state index contributed by atoms with van der Waals surface area (Å²) in [5.74, 6) is 0.638. The first-order valence-corrected chi connectivity index (χ1v) is 12.8. The summed E-state index contributed by atoms with van der Waals surface area (Å²) in [7, 11) is 0. The molecule has 0 aromatic heterocycles.